The lowest BCUT2D eigenvalue weighted by atomic mass is 9.88. The summed E-state index contributed by atoms with van der Waals surface area (Å²) in [6.45, 7) is 1.52. The van der Waals surface area contributed by atoms with Crippen LogP contribution in [0.2, 0.25) is 0 Å². The number of piperidine rings is 1. The summed E-state index contributed by atoms with van der Waals surface area (Å²) >= 11 is 0. The van der Waals surface area contributed by atoms with Gasteiger partial charge in [-0.25, -0.2) is 4.39 Å². The predicted molar refractivity (Wildman–Crippen MR) is 96.0 cm³/mol. The Bertz CT molecular complexity index is 764. The van der Waals surface area contributed by atoms with Gasteiger partial charge in [-0.1, -0.05) is 30.3 Å². The summed E-state index contributed by atoms with van der Waals surface area (Å²) in [5, 5.41) is 12.2. The number of aliphatic carboxylic acids is 1. The van der Waals surface area contributed by atoms with Gasteiger partial charge in [0.15, 0.2) is 0 Å². The van der Waals surface area contributed by atoms with Gasteiger partial charge < -0.3 is 10.4 Å². The lowest BCUT2D eigenvalue weighted by Crippen LogP contribution is -2.46. The molecule has 1 aliphatic heterocycles. The Labute approximate surface area is 151 Å². The van der Waals surface area contributed by atoms with Crippen molar-refractivity contribution in [1.29, 1.82) is 0 Å². The molecule has 1 aliphatic rings. The second-order valence-corrected chi connectivity index (χ2v) is 6.64. The van der Waals surface area contributed by atoms with Crippen molar-refractivity contribution in [3.63, 3.8) is 0 Å². The SMILES string of the molecule is O=C(O)[C@H]1C[C@H](C(=O)Nc2ccc(F)cc2)CN(Cc2ccccc2)C1. The third kappa shape index (κ3) is 4.67. The number of nitrogens with one attached hydrogen (secondary N) is 1. The van der Waals surface area contributed by atoms with Crippen LogP contribution < -0.4 is 5.32 Å². The number of carbonyl (C=O) groups excluding carboxylic acids is 1. The minimum absolute atomic E-state index is 0.236. The molecule has 0 radical (unpaired) electrons. The van der Waals surface area contributed by atoms with Crippen molar-refractivity contribution >= 4 is 17.6 Å². The predicted octanol–water partition coefficient (Wildman–Crippen LogP) is 2.99. The molecule has 0 bridgehead atoms. The average molecular weight is 356 g/mol. The van der Waals surface area contributed by atoms with Gasteiger partial charge in [0.25, 0.3) is 0 Å². The molecule has 1 amide bonds. The van der Waals surface area contributed by atoms with Crippen molar-refractivity contribution in [3.05, 3.63) is 66.0 Å². The zero-order chi connectivity index (χ0) is 18.5. The summed E-state index contributed by atoms with van der Waals surface area (Å²) in [6, 6.07) is 15.3. The number of nitrogens with zero attached hydrogens (tertiary/aromatic N) is 1. The first-order valence-electron chi connectivity index (χ1n) is 8.57. The van der Waals surface area contributed by atoms with Crippen LogP contribution in [0.5, 0.6) is 0 Å². The molecule has 1 fully saturated rings. The summed E-state index contributed by atoms with van der Waals surface area (Å²) in [4.78, 5) is 26.1. The van der Waals surface area contributed by atoms with Gasteiger partial charge in [0.2, 0.25) is 5.91 Å². The average Bonchev–Trinajstić information content (AvgIpc) is 2.64. The van der Waals surface area contributed by atoms with Crippen molar-refractivity contribution < 1.29 is 19.1 Å². The molecule has 3 rings (SSSR count). The Kier molecular flexibility index (Phi) is 5.63. The first-order chi connectivity index (χ1) is 12.5. The smallest absolute Gasteiger partial charge is 0.307 e. The Morgan fingerprint density at radius 2 is 1.69 bits per heavy atom. The minimum atomic E-state index is -0.887. The molecule has 1 heterocycles. The van der Waals surface area contributed by atoms with Gasteiger partial charge >= 0.3 is 5.97 Å². The summed E-state index contributed by atoms with van der Waals surface area (Å²) in [5.41, 5.74) is 1.58. The van der Waals surface area contributed by atoms with Gasteiger partial charge in [-0.15, -0.1) is 0 Å². The van der Waals surface area contributed by atoms with Crippen molar-refractivity contribution in [2.24, 2.45) is 11.8 Å². The molecule has 26 heavy (non-hydrogen) atoms. The summed E-state index contributed by atoms with van der Waals surface area (Å²) in [5.74, 6) is -2.52. The van der Waals surface area contributed by atoms with E-state index in [0.29, 0.717) is 31.7 Å². The number of halogens is 1. The van der Waals surface area contributed by atoms with E-state index in [1.165, 1.54) is 24.3 Å². The molecular weight excluding hydrogens is 335 g/mol. The van der Waals surface area contributed by atoms with E-state index in [1.807, 2.05) is 35.2 Å². The maximum Gasteiger partial charge on any atom is 0.307 e. The van der Waals surface area contributed by atoms with E-state index in [0.717, 1.165) is 5.56 Å². The monoisotopic (exact) mass is 356 g/mol. The fourth-order valence-corrected chi connectivity index (χ4v) is 3.31. The van der Waals surface area contributed by atoms with Gasteiger partial charge in [-0.3, -0.25) is 14.5 Å². The Morgan fingerprint density at radius 1 is 1.04 bits per heavy atom. The van der Waals surface area contributed by atoms with Crippen molar-refractivity contribution in [2.45, 2.75) is 13.0 Å². The maximum atomic E-state index is 13.0. The number of likely N-dealkylation sites (tertiary alicyclic amines) is 1. The van der Waals surface area contributed by atoms with E-state index in [4.69, 9.17) is 0 Å². The lowest BCUT2D eigenvalue weighted by Gasteiger charge is -2.35. The van der Waals surface area contributed by atoms with E-state index in [1.54, 1.807) is 0 Å². The van der Waals surface area contributed by atoms with Gasteiger partial charge in [-0.2, -0.15) is 0 Å². The van der Waals surface area contributed by atoms with Crippen LogP contribution in [-0.4, -0.2) is 35.0 Å². The van der Waals surface area contributed by atoms with E-state index >= 15 is 0 Å². The lowest BCUT2D eigenvalue weighted by molar-refractivity contribution is -0.145. The van der Waals surface area contributed by atoms with Crippen molar-refractivity contribution in [1.82, 2.24) is 4.90 Å². The largest absolute Gasteiger partial charge is 0.481 e. The van der Waals surface area contributed by atoms with E-state index in [9.17, 15) is 19.1 Å². The normalized spacial score (nSPS) is 20.5. The first-order valence-corrected chi connectivity index (χ1v) is 8.57. The van der Waals surface area contributed by atoms with E-state index in [-0.39, 0.29) is 11.7 Å². The maximum absolute atomic E-state index is 13.0. The Morgan fingerprint density at radius 3 is 2.35 bits per heavy atom. The number of rotatable bonds is 5. The van der Waals surface area contributed by atoms with Crippen LogP contribution in [0, 0.1) is 17.7 Å². The van der Waals surface area contributed by atoms with Crippen molar-refractivity contribution in [2.75, 3.05) is 18.4 Å². The summed E-state index contributed by atoms with van der Waals surface area (Å²) in [6.07, 6.45) is 0.299. The van der Waals surface area contributed by atoms with Crippen LogP contribution in [0.25, 0.3) is 0 Å². The number of carbonyl (C=O) groups is 2. The molecule has 6 heteroatoms. The topological polar surface area (TPSA) is 69.6 Å². The molecule has 0 aromatic heterocycles. The molecule has 0 unspecified atom stereocenters. The first kappa shape index (κ1) is 18.1. The van der Waals surface area contributed by atoms with Crippen LogP contribution in [0.3, 0.4) is 0 Å². The highest BCUT2D eigenvalue weighted by molar-refractivity contribution is 5.93. The molecule has 136 valence electrons. The number of amides is 1. The highest BCUT2D eigenvalue weighted by Gasteiger charge is 2.35. The van der Waals surface area contributed by atoms with Gasteiger partial charge in [0, 0.05) is 25.3 Å². The molecule has 0 aliphatic carbocycles. The second kappa shape index (κ2) is 8.10. The van der Waals surface area contributed by atoms with Crippen LogP contribution in [0.4, 0.5) is 10.1 Å². The summed E-state index contributed by atoms with van der Waals surface area (Å²) in [7, 11) is 0. The molecule has 2 aromatic rings. The third-order valence-corrected chi connectivity index (χ3v) is 4.61. The number of carboxylic acid groups (broad SMARTS) is 1. The molecule has 0 spiro atoms. The number of anilines is 1. The van der Waals surface area contributed by atoms with Crippen LogP contribution in [0.15, 0.2) is 54.6 Å². The molecule has 1 saturated heterocycles. The minimum Gasteiger partial charge on any atom is -0.481 e. The Balaban J connectivity index is 1.69. The molecule has 2 aromatic carbocycles. The molecular formula is C20H21FN2O3. The fourth-order valence-electron chi connectivity index (χ4n) is 3.31. The van der Waals surface area contributed by atoms with Crippen LogP contribution in [0.1, 0.15) is 12.0 Å². The summed E-state index contributed by atoms with van der Waals surface area (Å²) < 4.78 is 13.0. The molecule has 2 N–H and O–H groups in total. The zero-order valence-electron chi connectivity index (χ0n) is 14.3. The third-order valence-electron chi connectivity index (χ3n) is 4.61. The van der Waals surface area contributed by atoms with Crippen LogP contribution >= 0.6 is 0 Å². The highest BCUT2D eigenvalue weighted by Crippen LogP contribution is 2.25. The molecule has 0 saturated carbocycles. The van der Waals surface area contributed by atoms with Crippen molar-refractivity contribution in [3.8, 4) is 0 Å². The van der Waals surface area contributed by atoms with E-state index in [2.05, 4.69) is 5.32 Å². The standard InChI is InChI=1S/C20H21FN2O3/c21-17-6-8-18(9-7-17)22-19(24)15-10-16(20(25)26)13-23(12-15)11-14-4-2-1-3-5-14/h1-9,15-16H,10-13H2,(H,22,24)(H,25,26)/t15-,16-/m0/s1. The number of hydrogen-bond acceptors (Lipinski definition) is 3. The van der Waals surface area contributed by atoms with Gasteiger partial charge in [-0.05, 0) is 36.2 Å². The molecule has 2 atom stereocenters. The quantitative estimate of drug-likeness (QED) is 0.864. The number of benzene rings is 2. The highest BCUT2D eigenvalue weighted by atomic mass is 19.1. The van der Waals surface area contributed by atoms with E-state index < -0.39 is 17.8 Å². The van der Waals surface area contributed by atoms with Crippen LogP contribution in [-0.2, 0) is 16.1 Å². The molecule has 5 nitrogen and oxygen atoms in total. The van der Waals surface area contributed by atoms with Gasteiger partial charge in [0.05, 0.1) is 11.8 Å². The van der Waals surface area contributed by atoms with Gasteiger partial charge in [0.1, 0.15) is 5.82 Å². The zero-order valence-corrected chi connectivity index (χ0v) is 14.3. The Hall–Kier alpha value is -2.73. The second-order valence-electron chi connectivity index (χ2n) is 6.64. The number of carboxylic acids is 1. The number of hydrogen-bond donors (Lipinski definition) is 2. The fraction of sp³-hybridized carbons (Fsp3) is 0.300.